The summed E-state index contributed by atoms with van der Waals surface area (Å²) in [7, 11) is 7.44. The molecule has 304 valence electrons. The second kappa shape index (κ2) is 17.8. The number of allylic oxidation sites excluding steroid dienone is 3. The van der Waals surface area contributed by atoms with Crippen molar-refractivity contribution >= 4 is 20.6 Å². The van der Waals surface area contributed by atoms with Crippen molar-refractivity contribution in [2.45, 2.75) is 82.4 Å². The molecule has 2 heterocycles. The van der Waals surface area contributed by atoms with Crippen molar-refractivity contribution in [1.82, 2.24) is 4.90 Å². The zero-order valence-corrected chi connectivity index (χ0v) is 37.5. The van der Waals surface area contributed by atoms with E-state index >= 15 is 0 Å². The zero-order valence-electron chi connectivity index (χ0n) is 35.2. The summed E-state index contributed by atoms with van der Waals surface area (Å²) in [6, 6.07) is 54.0. The van der Waals surface area contributed by atoms with Gasteiger partial charge in [0.1, 0.15) is 0 Å². The van der Waals surface area contributed by atoms with E-state index in [2.05, 4.69) is 228 Å². The summed E-state index contributed by atoms with van der Waals surface area (Å²) in [5.74, 6) is 1.10. The maximum absolute atomic E-state index is 7.44. The molecule has 1 unspecified atom stereocenters. The van der Waals surface area contributed by atoms with Crippen LogP contribution in [0.15, 0.2) is 176 Å². The van der Waals surface area contributed by atoms with E-state index in [1.54, 1.807) is 0 Å². The van der Waals surface area contributed by atoms with Gasteiger partial charge in [-0.2, -0.15) is 0 Å². The van der Waals surface area contributed by atoms with Gasteiger partial charge in [-0.1, -0.05) is 0 Å². The number of hydrogen-bond donors (Lipinski definition) is 0. The Balaban J connectivity index is 1.41. The summed E-state index contributed by atoms with van der Waals surface area (Å²) >= 11 is -0.187. The third-order valence-electron chi connectivity index (χ3n) is 11.9. The molecule has 4 heteroatoms. The van der Waals surface area contributed by atoms with Crippen molar-refractivity contribution in [3.63, 3.8) is 0 Å². The molecule has 6 aromatic carbocycles. The third-order valence-corrected chi connectivity index (χ3v) is 13.8. The van der Waals surface area contributed by atoms with Crippen LogP contribution in [-0.4, -0.2) is 9.28 Å². The molecule has 0 aliphatic carbocycles. The number of nitrogens with zero attached hydrogens (tertiary/aromatic N) is 2. The topological polar surface area (TPSA) is 6.48 Å². The van der Waals surface area contributed by atoms with Gasteiger partial charge in [-0.3, -0.25) is 0 Å². The van der Waals surface area contributed by atoms with Crippen molar-refractivity contribution in [3.05, 3.63) is 237 Å². The Morgan fingerprint density at radius 2 is 0.949 bits per heavy atom. The molecule has 1 atom stereocenters. The Labute approximate surface area is 366 Å². The van der Waals surface area contributed by atoms with Crippen LogP contribution in [0, 0.1) is 6.92 Å². The first-order valence-electron chi connectivity index (χ1n) is 21.0. The van der Waals surface area contributed by atoms with Gasteiger partial charge in [0.25, 0.3) is 0 Å². The second-order valence-electron chi connectivity index (χ2n) is 16.9. The molecule has 0 fully saturated rings. The fraction of sp³-hybridized carbons (Fsp3) is 0.236. The Kier molecular flexibility index (Phi) is 12.3. The first-order chi connectivity index (χ1) is 28.7. The van der Waals surface area contributed by atoms with Crippen LogP contribution in [0.25, 0.3) is 5.70 Å². The predicted molar refractivity (Wildman–Crippen MR) is 248 cm³/mol. The quantitative estimate of drug-likeness (QED) is 0.0892. The van der Waals surface area contributed by atoms with Crippen LogP contribution in [-0.2, 0) is 18.7 Å². The van der Waals surface area contributed by atoms with Crippen LogP contribution in [0.4, 0.5) is 5.69 Å². The molecule has 2 aliphatic rings. The van der Waals surface area contributed by atoms with E-state index in [1.807, 2.05) is 0 Å². The monoisotopic (exact) mass is 886 g/mol. The van der Waals surface area contributed by atoms with Gasteiger partial charge in [0, 0.05) is 0 Å². The number of hydrogen-bond acceptors (Lipinski definition) is 2. The van der Waals surface area contributed by atoms with Crippen molar-refractivity contribution in [2.24, 2.45) is 0 Å². The second-order valence-corrected chi connectivity index (χ2v) is 18.9. The molecular weight excluding hydrogens is 832 g/mol. The number of halogens is 1. The van der Waals surface area contributed by atoms with Crippen LogP contribution in [0.3, 0.4) is 0 Å². The van der Waals surface area contributed by atoms with E-state index in [-0.39, 0.29) is 34.9 Å². The number of rotatable bonds is 12. The molecule has 0 aromatic heterocycles. The van der Waals surface area contributed by atoms with Crippen molar-refractivity contribution < 1.29 is 18.7 Å². The first-order valence-corrected chi connectivity index (χ1v) is 23.9. The predicted octanol–water partition coefficient (Wildman–Crippen LogP) is 14.6. The van der Waals surface area contributed by atoms with Crippen LogP contribution in [0.5, 0.6) is 0 Å². The molecule has 59 heavy (non-hydrogen) atoms. The van der Waals surface area contributed by atoms with Crippen molar-refractivity contribution in [1.29, 1.82) is 0 Å². The number of anilines is 1. The zero-order chi connectivity index (χ0) is 41.2. The van der Waals surface area contributed by atoms with E-state index in [9.17, 15) is 0 Å². The van der Waals surface area contributed by atoms with E-state index in [4.69, 9.17) is 9.19 Å². The molecule has 0 spiro atoms. The summed E-state index contributed by atoms with van der Waals surface area (Å²) < 4.78 is -0.138. The van der Waals surface area contributed by atoms with Crippen LogP contribution in [0.2, 0.25) is 0 Å². The van der Waals surface area contributed by atoms with Gasteiger partial charge in [0.2, 0.25) is 0 Å². The standard InChI is InChI=1S/C55H55N2.Ag.ClH.H/c1-37(2)45-33-47(38(3)4)54(48(34-45)39(5)6)51-30-20-29-46-35-56(36-57(46)51)55-49(52(41-21-12-8-13-22-41)42-23-14-9-15-24-42)31-40(7)32-50(55)53(43-25-16-10-17-26-43)44-27-18-11-19-28-44;;;/h8-39,52-53H,1-7H3;;1H;/q;+1;;/p-1. The SMILES string of the molecule is Cc1cc(C(c2ccccc2)c2ccccc2)c(N2C=C3C=CC=C(c4c(C(C)C)cc(C(C)C)cc4C(C)C)N3[CH]2[AgH][Cl])c(C(c2ccccc2)c2ccccc2)c1. The molecule has 0 radical (unpaired) electrons. The van der Waals surface area contributed by atoms with Gasteiger partial charge >= 0.3 is 368 Å². The molecule has 8 rings (SSSR count). The summed E-state index contributed by atoms with van der Waals surface area (Å²) in [4.78, 5) is 5.10. The molecular formula is C55H56AgClN2. The first kappa shape index (κ1) is 40.9. The van der Waals surface area contributed by atoms with Crippen LogP contribution >= 0.6 is 9.19 Å². The van der Waals surface area contributed by atoms with Gasteiger partial charge in [-0.25, -0.2) is 0 Å². The summed E-state index contributed by atoms with van der Waals surface area (Å²) in [6.07, 6.45) is 9.24. The molecule has 0 amide bonds. The van der Waals surface area contributed by atoms with Gasteiger partial charge in [-0.05, 0) is 0 Å². The summed E-state index contributed by atoms with van der Waals surface area (Å²) in [6.45, 7) is 16.2. The normalized spacial score (nSPS) is 15.2. The average Bonchev–Trinajstić information content (AvgIpc) is 3.63. The molecule has 0 saturated carbocycles. The summed E-state index contributed by atoms with van der Waals surface area (Å²) in [5.41, 5.74) is 18.0. The molecule has 2 aliphatic heterocycles. The average molecular weight is 888 g/mol. The molecule has 0 N–H and O–H groups in total. The molecule has 0 saturated heterocycles. The molecule has 2 nitrogen and oxygen atoms in total. The Morgan fingerprint density at radius 1 is 0.525 bits per heavy atom. The molecule has 6 aromatic rings. The van der Waals surface area contributed by atoms with Crippen molar-refractivity contribution in [3.8, 4) is 0 Å². The van der Waals surface area contributed by atoms with E-state index in [0.29, 0.717) is 17.8 Å². The van der Waals surface area contributed by atoms with Gasteiger partial charge in [0.05, 0.1) is 0 Å². The Bertz CT molecular complexity index is 2270. The Morgan fingerprint density at radius 3 is 1.32 bits per heavy atom. The fourth-order valence-electron chi connectivity index (χ4n) is 9.13. The van der Waals surface area contributed by atoms with Crippen LogP contribution < -0.4 is 4.90 Å². The van der Waals surface area contributed by atoms with Gasteiger partial charge in [-0.15, -0.1) is 0 Å². The number of benzene rings is 6. The number of fused-ring (bicyclic) bond motifs is 1. The summed E-state index contributed by atoms with van der Waals surface area (Å²) in [5, 5.41) is 0. The van der Waals surface area contributed by atoms with E-state index in [0.717, 1.165) is 5.70 Å². The minimum absolute atomic E-state index is 0.0227. The third kappa shape index (κ3) is 8.09. The van der Waals surface area contributed by atoms with Crippen molar-refractivity contribution in [2.75, 3.05) is 4.90 Å². The van der Waals surface area contributed by atoms with Crippen LogP contribution in [0.1, 0.15) is 132 Å². The minimum atomic E-state index is -0.187. The maximum atomic E-state index is 7.44. The van der Waals surface area contributed by atoms with E-state index in [1.165, 1.54) is 72.6 Å². The Hall–Kier alpha value is -4.83. The van der Waals surface area contributed by atoms with E-state index < -0.39 is 0 Å². The fourth-order valence-corrected chi connectivity index (χ4v) is 11.0. The van der Waals surface area contributed by atoms with Gasteiger partial charge < -0.3 is 0 Å². The van der Waals surface area contributed by atoms with Gasteiger partial charge in [0.15, 0.2) is 0 Å². The number of aryl methyl sites for hydroxylation is 1. The molecule has 0 bridgehead atoms.